The molecule has 0 unspecified atom stereocenters. The third kappa shape index (κ3) is 1.66. The van der Waals surface area contributed by atoms with Crippen LogP contribution in [0.25, 0.3) is 0 Å². The summed E-state index contributed by atoms with van der Waals surface area (Å²) < 4.78 is 3.71. The molecule has 0 fully saturated rings. The first-order valence-electron chi connectivity index (χ1n) is 5.23. The van der Waals surface area contributed by atoms with Gasteiger partial charge in [-0.05, 0) is 41.7 Å². The topological polar surface area (TPSA) is 72.1 Å². The van der Waals surface area contributed by atoms with E-state index in [4.69, 9.17) is 5.73 Å². The van der Waals surface area contributed by atoms with Crippen molar-refractivity contribution in [2.75, 3.05) is 17.2 Å². The molecule has 2 N–H and O–H groups in total. The summed E-state index contributed by atoms with van der Waals surface area (Å²) in [7, 11) is 0. The van der Waals surface area contributed by atoms with Crippen LogP contribution in [0.4, 0.5) is 11.4 Å². The summed E-state index contributed by atoms with van der Waals surface area (Å²) in [5.41, 5.74) is 8.90. The van der Waals surface area contributed by atoms with E-state index in [1.807, 2.05) is 18.2 Å². The van der Waals surface area contributed by atoms with Gasteiger partial charge < -0.3 is 10.6 Å². The number of hydrogen-bond donors (Lipinski definition) is 1. The number of fused-ring (bicyclic) bond motifs is 1. The molecule has 0 aliphatic carbocycles. The number of nitrogens with zero attached hydrogens (tertiary/aromatic N) is 3. The Morgan fingerprint density at radius 2 is 2.35 bits per heavy atom. The predicted octanol–water partition coefficient (Wildman–Crippen LogP) is 1.32. The molecule has 17 heavy (non-hydrogen) atoms. The van der Waals surface area contributed by atoms with E-state index >= 15 is 0 Å². The van der Waals surface area contributed by atoms with Gasteiger partial charge in [0.15, 0.2) is 5.69 Å². The molecule has 1 aliphatic heterocycles. The molecule has 0 bridgehead atoms. The molecule has 0 radical (unpaired) electrons. The van der Waals surface area contributed by atoms with Crippen molar-refractivity contribution in [3.8, 4) is 0 Å². The van der Waals surface area contributed by atoms with Crippen molar-refractivity contribution in [3.63, 3.8) is 0 Å². The number of hydrogen-bond acceptors (Lipinski definition) is 5. The van der Waals surface area contributed by atoms with Gasteiger partial charge in [0.1, 0.15) is 0 Å². The van der Waals surface area contributed by atoms with Crippen LogP contribution in [0, 0.1) is 0 Å². The number of nitrogens with two attached hydrogens (primary N) is 1. The van der Waals surface area contributed by atoms with Crippen molar-refractivity contribution in [1.29, 1.82) is 0 Å². The van der Waals surface area contributed by atoms with Crippen molar-refractivity contribution in [2.45, 2.75) is 6.42 Å². The highest BCUT2D eigenvalue weighted by Gasteiger charge is 2.26. The Morgan fingerprint density at radius 3 is 3.12 bits per heavy atom. The summed E-state index contributed by atoms with van der Waals surface area (Å²) in [5.74, 6) is -0.0951. The van der Waals surface area contributed by atoms with E-state index in [1.54, 1.807) is 10.3 Å². The highest BCUT2D eigenvalue weighted by molar-refractivity contribution is 7.03. The molecule has 1 aromatic heterocycles. The molecular weight excluding hydrogens is 236 g/mol. The van der Waals surface area contributed by atoms with Crippen LogP contribution in [0.2, 0.25) is 0 Å². The van der Waals surface area contributed by atoms with Crippen LogP contribution in [0.5, 0.6) is 0 Å². The number of amides is 1. The summed E-state index contributed by atoms with van der Waals surface area (Å²) in [6.07, 6.45) is 0.837. The van der Waals surface area contributed by atoms with Crippen molar-refractivity contribution in [2.24, 2.45) is 0 Å². The van der Waals surface area contributed by atoms with Crippen molar-refractivity contribution in [3.05, 3.63) is 34.8 Å². The van der Waals surface area contributed by atoms with E-state index in [0.717, 1.165) is 23.4 Å². The fourth-order valence-electron chi connectivity index (χ4n) is 2.03. The molecule has 2 heterocycles. The maximum Gasteiger partial charge on any atom is 0.279 e. The zero-order chi connectivity index (χ0) is 11.8. The zero-order valence-electron chi connectivity index (χ0n) is 8.96. The van der Waals surface area contributed by atoms with Crippen molar-refractivity contribution >= 4 is 28.8 Å². The largest absolute Gasteiger partial charge is 0.399 e. The molecule has 1 aromatic carbocycles. The lowest BCUT2D eigenvalue weighted by Gasteiger charge is -2.15. The quantitative estimate of drug-likeness (QED) is 0.770. The molecule has 5 nitrogen and oxygen atoms in total. The van der Waals surface area contributed by atoms with E-state index in [2.05, 4.69) is 9.59 Å². The Bertz CT molecular complexity index is 567. The summed E-state index contributed by atoms with van der Waals surface area (Å²) in [5, 5.41) is 5.47. The molecular formula is C11H10N4OS. The standard InChI is InChI=1S/C11H10N4OS/c12-8-1-2-10-7(5-8)3-4-15(10)11(16)9-6-17-14-13-9/h1-2,5-6H,3-4,12H2. The first-order valence-corrected chi connectivity index (χ1v) is 6.06. The number of carbonyl (C=O) groups excluding carboxylic acids is 1. The monoisotopic (exact) mass is 246 g/mol. The third-order valence-electron chi connectivity index (χ3n) is 2.82. The number of aromatic nitrogens is 2. The molecule has 1 aliphatic rings. The maximum atomic E-state index is 12.2. The van der Waals surface area contributed by atoms with Crippen LogP contribution in [0.15, 0.2) is 23.6 Å². The lowest BCUT2D eigenvalue weighted by Crippen LogP contribution is -2.29. The maximum absolute atomic E-state index is 12.2. The SMILES string of the molecule is Nc1ccc2c(c1)CCN2C(=O)c1csnn1. The van der Waals surface area contributed by atoms with E-state index < -0.39 is 0 Å². The highest BCUT2D eigenvalue weighted by atomic mass is 32.1. The molecule has 0 saturated heterocycles. The fraction of sp³-hybridized carbons (Fsp3) is 0.182. The van der Waals surface area contributed by atoms with Gasteiger partial charge in [0.05, 0.1) is 0 Å². The van der Waals surface area contributed by atoms with Gasteiger partial charge in [-0.2, -0.15) is 0 Å². The number of anilines is 2. The normalized spacial score (nSPS) is 13.8. The van der Waals surface area contributed by atoms with Gasteiger partial charge in [-0.25, -0.2) is 0 Å². The molecule has 1 amide bonds. The minimum absolute atomic E-state index is 0.0951. The second-order valence-electron chi connectivity index (χ2n) is 3.89. The second kappa shape index (κ2) is 3.81. The van der Waals surface area contributed by atoms with Gasteiger partial charge in [0, 0.05) is 23.3 Å². The lowest BCUT2D eigenvalue weighted by atomic mass is 10.1. The van der Waals surface area contributed by atoms with Gasteiger partial charge in [-0.15, -0.1) is 5.10 Å². The summed E-state index contributed by atoms with van der Waals surface area (Å²) in [6.45, 7) is 0.676. The zero-order valence-corrected chi connectivity index (χ0v) is 9.78. The summed E-state index contributed by atoms with van der Waals surface area (Å²) in [6, 6.07) is 5.61. The Hall–Kier alpha value is -1.95. The van der Waals surface area contributed by atoms with Crippen LogP contribution in [0.1, 0.15) is 16.1 Å². The molecule has 0 saturated carbocycles. The molecule has 0 spiro atoms. The molecule has 86 valence electrons. The third-order valence-corrected chi connectivity index (χ3v) is 3.33. The smallest absolute Gasteiger partial charge is 0.279 e. The van der Waals surface area contributed by atoms with Crippen LogP contribution < -0.4 is 10.6 Å². The number of rotatable bonds is 1. The molecule has 6 heteroatoms. The van der Waals surface area contributed by atoms with E-state index in [0.29, 0.717) is 12.2 Å². The van der Waals surface area contributed by atoms with Crippen molar-refractivity contribution in [1.82, 2.24) is 9.59 Å². The summed E-state index contributed by atoms with van der Waals surface area (Å²) in [4.78, 5) is 13.9. The van der Waals surface area contributed by atoms with Crippen LogP contribution in [0.3, 0.4) is 0 Å². The second-order valence-corrected chi connectivity index (χ2v) is 4.49. The van der Waals surface area contributed by atoms with Crippen molar-refractivity contribution < 1.29 is 4.79 Å². The van der Waals surface area contributed by atoms with E-state index in [-0.39, 0.29) is 5.91 Å². The average molecular weight is 246 g/mol. The predicted molar refractivity (Wildman–Crippen MR) is 66.1 cm³/mol. The highest BCUT2D eigenvalue weighted by Crippen LogP contribution is 2.30. The molecule has 0 atom stereocenters. The number of benzene rings is 1. The Balaban J connectivity index is 1.96. The Labute approximate surface area is 102 Å². The minimum atomic E-state index is -0.0951. The Morgan fingerprint density at radius 1 is 1.47 bits per heavy atom. The van der Waals surface area contributed by atoms with Gasteiger partial charge in [0.2, 0.25) is 0 Å². The van der Waals surface area contributed by atoms with Crippen LogP contribution in [-0.4, -0.2) is 22.0 Å². The molecule has 3 rings (SSSR count). The number of carbonyl (C=O) groups is 1. The van der Waals surface area contributed by atoms with Gasteiger partial charge in [0.25, 0.3) is 5.91 Å². The summed E-state index contributed by atoms with van der Waals surface area (Å²) >= 11 is 1.18. The first-order chi connectivity index (χ1) is 8.25. The minimum Gasteiger partial charge on any atom is -0.399 e. The number of nitrogen functional groups attached to an aromatic ring is 1. The van der Waals surface area contributed by atoms with E-state index in [1.165, 1.54) is 11.5 Å². The lowest BCUT2D eigenvalue weighted by molar-refractivity contribution is 0.0984. The van der Waals surface area contributed by atoms with Crippen LogP contribution in [-0.2, 0) is 6.42 Å². The van der Waals surface area contributed by atoms with Gasteiger partial charge in [-0.1, -0.05) is 4.49 Å². The fourth-order valence-corrected chi connectivity index (χ4v) is 2.46. The van der Waals surface area contributed by atoms with E-state index in [9.17, 15) is 4.79 Å². The first kappa shape index (κ1) is 10.2. The van der Waals surface area contributed by atoms with Gasteiger partial charge >= 0.3 is 0 Å². The Kier molecular flexibility index (Phi) is 2.29. The average Bonchev–Trinajstić information content (AvgIpc) is 2.96. The van der Waals surface area contributed by atoms with Crippen LogP contribution >= 0.6 is 11.5 Å². The molecule has 2 aromatic rings. The van der Waals surface area contributed by atoms with Gasteiger partial charge in [-0.3, -0.25) is 4.79 Å².